The van der Waals surface area contributed by atoms with Crippen LogP contribution in [0.1, 0.15) is 22.6 Å². The molecule has 1 aliphatic rings. The Morgan fingerprint density at radius 3 is 2.86 bits per heavy atom. The molecular formula is C17H18F3N5O3S. The van der Waals surface area contributed by atoms with E-state index >= 15 is 0 Å². The third-order valence-electron chi connectivity index (χ3n) is 4.36. The molecule has 8 nitrogen and oxygen atoms in total. The molecule has 0 fully saturated rings. The molecule has 1 amide bonds. The number of carbonyl (C=O) groups is 1. The summed E-state index contributed by atoms with van der Waals surface area (Å²) in [4.78, 5) is 29.9. The Morgan fingerprint density at radius 2 is 2.17 bits per heavy atom. The first-order valence-corrected chi connectivity index (χ1v) is 9.51. The lowest BCUT2D eigenvalue weighted by molar-refractivity contribution is -0.384. The highest BCUT2D eigenvalue weighted by molar-refractivity contribution is 7.15. The molecular weight excluding hydrogens is 411 g/mol. The summed E-state index contributed by atoms with van der Waals surface area (Å²) >= 11 is 1.41. The highest BCUT2D eigenvalue weighted by atomic mass is 32.1. The van der Waals surface area contributed by atoms with E-state index in [0.29, 0.717) is 11.2 Å². The normalized spacial score (nSPS) is 14.3. The molecule has 0 atom stereocenters. The van der Waals surface area contributed by atoms with Crippen LogP contribution in [0.5, 0.6) is 0 Å². The van der Waals surface area contributed by atoms with Crippen molar-refractivity contribution in [3.63, 3.8) is 0 Å². The molecule has 2 aromatic rings. The number of benzene rings is 1. The zero-order valence-corrected chi connectivity index (χ0v) is 16.2. The number of carbonyl (C=O) groups excluding carboxylic acids is 1. The van der Waals surface area contributed by atoms with Crippen LogP contribution in [0, 0.1) is 10.1 Å². The van der Waals surface area contributed by atoms with Crippen molar-refractivity contribution in [1.29, 1.82) is 0 Å². The van der Waals surface area contributed by atoms with E-state index in [-0.39, 0.29) is 24.6 Å². The van der Waals surface area contributed by atoms with Crippen LogP contribution >= 0.6 is 11.3 Å². The van der Waals surface area contributed by atoms with Crippen LogP contribution in [0.15, 0.2) is 18.2 Å². The Balaban J connectivity index is 1.57. The van der Waals surface area contributed by atoms with Gasteiger partial charge in [-0.1, -0.05) is 0 Å². The fraction of sp³-hybridized carbons (Fsp3) is 0.412. The standard InChI is InChI=1S/C17H18F3N5O3S/c1-24-7-5-12-14(9-24)29-16(22-12)23-15(26)4-6-21-11-3-2-10(17(18,19)20)8-13(11)25(27)28/h2-3,8,21H,4-7,9H2,1H3,(H,22,23,26). The number of nitrogens with one attached hydrogen (secondary N) is 2. The fourth-order valence-electron chi connectivity index (χ4n) is 2.88. The van der Waals surface area contributed by atoms with Crippen LogP contribution in [0.4, 0.5) is 29.7 Å². The summed E-state index contributed by atoms with van der Waals surface area (Å²) in [6, 6.07) is 2.22. The number of thiazole rings is 1. The molecule has 0 spiro atoms. The van der Waals surface area contributed by atoms with Gasteiger partial charge >= 0.3 is 6.18 Å². The lowest BCUT2D eigenvalue weighted by Crippen LogP contribution is -2.25. The quantitative estimate of drug-likeness (QED) is 0.539. The number of nitro groups is 1. The van der Waals surface area contributed by atoms with Gasteiger partial charge in [-0.3, -0.25) is 14.9 Å². The van der Waals surface area contributed by atoms with E-state index in [2.05, 4.69) is 20.5 Å². The number of alkyl halides is 3. The van der Waals surface area contributed by atoms with Gasteiger partial charge in [0.1, 0.15) is 5.69 Å². The number of aromatic nitrogens is 1. The number of nitro benzene ring substituents is 1. The van der Waals surface area contributed by atoms with Crippen LogP contribution in [0.3, 0.4) is 0 Å². The molecule has 0 bridgehead atoms. The van der Waals surface area contributed by atoms with E-state index in [1.165, 1.54) is 11.3 Å². The number of fused-ring (bicyclic) bond motifs is 1. The van der Waals surface area contributed by atoms with Gasteiger partial charge in [0.2, 0.25) is 5.91 Å². The Morgan fingerprint density at radius 1 is 1.41 bits per heavy atom. The average molecular weight is 429 g/mol. The Hall–Kier alpha value is -2.73. The number of hydrogen-bond donors (Lipinski definition) is 2. The Labute approximate surface area is 167 Å². The van der Waals surface area contributed by atoms with E-state index in [9.17, 15) is 28.1 Å². The molecule has 0 unspecified atom stereocenters. The van der Waals surface area contributed by atoms with Crippen LogP contribution in [-0.4, -0.2) is 40.9 Å². The maximum absolute atomic E-state index is 12.7. The summed E-state index contributed by atoms with van der Waals surface area (Å²) in [5.41, 5.74) is -0.909. The molecule has 1 aromatic heterocycles. The molecule has 29 heavy (non-hydrogen) atoms. The summed E-state index contributed by atoms with van der Waals surface area (Å²) in [7, 11) is 2.01. The molecule has 0 saturated heterocycles. The zero-order chi connectivity index (χ0) is 21.2. The highest BCUT2D eigenvalue weighted by Crippen LogP contribution is 2.35. The number of hydrogen-bond acceptors (Lipinski definition) is 7. The van der Waals surface area contributed by atoms with Crippen molar-refractivity contribution < 1.29 is 22.9 Å². The van der Waals surface area contributed by atoms with E-state index in [0.717, 1.165) is 42.2 Å². The average Bonchev–Trinajstić information content (AvgIpc) is 3.01. The van der Waals surface area contributed by atoms with E-state index in [1.807, 2.05) is 7.05 Å². The summed E-state index contributed by atoms with van der Waals surface area (Å²) in [5, 5.41) is 16.9. The number of amides is 1. The summed E-state index contributed by atoms with van der Waals surface area (Å²) < 4.78 is 38.2. The molecule has 2 heterocycles. The Kier molecular flexibility index (Phi) is 6.03. The van der Waals surface area contributed by atoms with Crippen LogP contribution in [0.2, 0.25) is 0 Å². The third kappa shape index (κ3) is 5.21. The number of anilines is 2. The van der Waals surface area contributed by atoms with Gasteiger partial charge in [-0.2, -0.15) is 13.2 Å². The highest BCUT2D eigenvalue weighted by Gasteiger charge is 2.33. The molecule has 0 saturated carbocycles. The molecule has 12 heteroatoms. The smallest absolute Gasteiger partial charge is 0.379 e. The second kappa shape index (κ2) is 8.33. The lowest BCUT2D eigenvalue weighted by atomic mass is 10.1. The van der Waals surface area contributed by atoms with Crippen molar-refractivity contribution in [2.45, 2.75) is 25.6 Å². The molecule has 0 aliphatic carbocycles. The van der Waals surface area contributed by atoms with Gasteiger partial charge in [-0.05, 0) is 19.2 Å². The lowest BCUT2D eigenvalue weighted by Gasteiger charge is -2.20. The zero-order valence-electron chi connectivity index (χ0n) is 15.4. The maximum Gasteiger partial charge on any atom is 0.416 e. The van der Waals surface area contributed by atoms with Crippen molar-refractivity contribution in [1.82, 2.24) is 9.88 Å². The van der Waals surface area contributed by atoms with E-state index in [4.69, 9.17) is 0 Å². The third-order valence-corrected chi connectivity index (χ3v) is 5.36. The molecule has 3 rings (SSSR count). The van der Waals surface area contributed by atoms with Gasteiger partial charge in [0.05, 0.1) is 16.2 Å². The number of likely N-dealkylation sites (N-methyl/N-ethyl adjacent to an activating group) is 1. The van der Waals surface area contributed by atoms with Crippen LogP contribution in [-0.2, 0) is 23.9 Å². The summed E-state index contributed by atoms with van der Waals surface area (Å²) in [6.07, 6.45) is -3.88. The minimum atomic E-state index is -4.68. The van der Waals surface area contributed by atoms with Crippen LogP contribution < -0.4 is 10.6 Å². The fourth-order valence-corrected chi connectivity index (χ4v) is 3.98. The van der Waals surface area contributed by atoms with Gasteiger partial charge in [0.15, 0.2) is 5.13 Å². The second-order valence-electron chi connectivity index (χ2n) is 6.59. The first kappa shape index (κ1) is 21.0. The van der Waals surface area contributed by atoms with Crippen molar-refractivity contribution in [2.75, 3.05) is 30.8 Å². The van der Waals surface area contributed by atoms with Gasteiger partial charge in [0.25, 0.3) is 5.69 Å². The topological polar surface area (TPSA) is 100 Å². The van der Waals surface area contributed by atoms with Crippen molar-refractivity contribution in [3.05, 3.63) is 44.4 Å². The molecule has 2 N–H and O–H groups in total. The monoisotopic (exact) mass is 429 g/mol. The van der Waals surface area contributed by atoms with Crippen molar-refractivity contribution in [2.24, 2.45) is 0 Å². The first-order chi connectivity index (χ1) is 13.6. The van der Waals surface area contributed by atoms with Crippen molar-refractivity contribution >= 4 is 33.8 Å². The van der Waals surface area contributed by atoms with E-state index in [1.54, 1.807) is 0 Å². The van der Waals surface area contributed by atoms with Crippen molar-refractivity contribution in [3.8, 4) is 0 Å². The molecule has 1 aliphatic heterocycles. The maximum atomic E-state index is 12.7. The van der Waals surface area contributed by atoms with E-state index < -0.39 is 22.4 Å². The minimum Gasteiger partial charge on any atom is -0.379 e. The number of halogens is 3. The summed E-state index contributed by atoms with van der Waals surface area (Å²) in [5.74, 6) is -0.341. The van der Waals surface area contributed by atoms with Crippen LogP contribution in [0.25, 0.3) is 0 Å². The second-order valence-corrected chi connectivity index (χ2v) is 7.67. The molecule has 1 aromatic carbocycles. The number of rotatable bonds is 6. The Bertz CT molecular complexity index is 932. The SMILES string of the molecule is CN1CCc2nc(NC(=O)CCNc3ccc(C(F)(F)F)cc3[N+](=O)[O-])sc2C1. The summed E-state index contributed by atoms with van der Waals surface area (Å²) in [6.45, 7) is 1.70. The molecule has 156 valence electrons. The van der Waals surface area contributed by atoms with Gasteiger partial charge in [-0.25, -0.2) is 4.98 Å². The van der Waals surface area contributed by atoms with Gasteiger partial charge in [0, 0.05) is 43.4 Å². The predicted molar refractivity (Wildman–Crippen MR) is 102 cm³/mol. The van der Waals surface area contributed by atoms with Gasteiger partial charge in [-0.15, -0.1) is 11.3 Å². The predicted octanol–water partition coefficient (Wildman–Crippen LogP) is 3.50. The largest absolute Gasteiger partial charge is 0.416 e. The minimum absolute atomic E-state index is 0.0197. The number of nitrogens with zero attached hydrogens (tertiary/aromatic N) is 3. The first-order valence-electron chi connectivity index (χ1n) is 8.70. The van der Waals surface area contributed by atoms with Gasteiger partial charge < -0.3 is 15.5 Å². The molecule has 0 radical (unpaired) electrons.